The number of hydrogen-bond donors (Lipinski definition) is 2. The van der Waals surface area contributed by atoms with Gasteiger partial charge in [0.15, 0.2) is 0 Å². The molecule has 0 heterocycles. The number of anilines is 1. The molecule has 0 saturated carbocycles. The molecule has 162 valence electrons. The largest absolute Gasteiger partial charge is 0.427 e. The van der Waals surface area contributed by atoms with Gasteiger partial charge in [-0.25, -0.2) is 4.39 Å². The molecule has 0 aliphatic carbocycles. The number of halogens is 1. The highest BCUT2D eigenvalue weighted by atomic mass is 19.1. The average Bonchev–Trinajstić information content (AvgIpc) is 2.77. The molecule has 3 aromatic rings. The third kappa shape index (κ3) is 6.63. The maximum Gasteiger partial charge on any atom is 0.308 e. The van der Waals surface area contributed by atoms with Crippen LogP contribution in [-0.2, 0) is 16.1 Å². The van der Waals surface area contributed by atoms with Crippen molar-refractivity contribution in [2.45, 2.75) is 13.5 Å². The van der Waals surface area contributed by atoms with Gasteiger partial charge in [-0.3, -0.25) is 14.4 Å². The molecule has 0 radical (unpaired) electrons. The van der Waals surface area contributed by atoms with Crippen LogP contribution in [0.15, 0.2) is 78.9 Å². The number of nitrogens with one attached hydrogen (secondary N) is 2. The summed E-state index contributed by atoms with van der Waals surface area (Å²) in [4.78, 5) is 35.6. The summed E-state index contributed by atoms with van der Waals surface area (Å²) in [6.45, 7) is 1.51. The van der Waals surface area contributed by atoms with Crippen LogP contribution < -0.4 is 15.4 Å². The minimum atomic E-state index is -0.471. The maximum absolute atomic E-state index is 13.6. The van der Waals surface area contributed by atoms with Gasteiger partial charge in [0.05, 0.1) is 0 Å². The Labute approximate surface area is 184 Å². The molecule has 3 aromatic carbocycles. The molecule has 0 spiro atoms. The zero-order chi connectivity index (χ0) is 22.9. The van der Waals surface area contributed by atoms with Crippen LogP contribution in [0.4, 0.5) is 10.1 Å². The van der Waals surface area contributed by atoms with Crippen LogP contribution in [0, 0.1) is 5.82 Å². The predicted octanol–water partition coefficient (Wildman–Crippen LogP) is 4.33. The van der Waals surface area contributed by atoms with Crippen molar-refractivity contribution in [2.24, 2.45) is 0 Å². The van der Waals surface area contributed by atoms with Crippen molar-refractivity contribution in [3.63, 3.8) is 0 Å². The Morgan fingerprint density at radius 3 is 2.53 bits per heavy atom. The Hall–Kier alpha value is -4.26. The fraction of sp³-hybridized carbons (Fsp3) is 0.0800. The number of carbonyl (C=O) groups is 3. The molecule has 3 rings (SSSR count). The van der Waals surface area contributed by atoms with E-state index in [0.29, 0.717) is 16.8 Å². The van der Waals surface area contributed by atoms with E-state index in [4.69, 9.17) is 4.74 Å². The van der Waals surface area contributed by atoms with Crippen LogP contribution >= 0.6 is 0 Å². The van der Waals surface area contributed by atoms with Crippen LogP contribution in [0.2, 0.25) is 0 Å². The van der Waals surface area contributed by atoms with Crippen LogP contribution in [0.3, 0.4) is 0 Å². The maximum atomic E-state index is 13.6. The third-order valence-corrected chi connectivity index (χ3v) is 4.33. The first kappa shape index (κ1) is 22.4. The molecule has 2 amide bonds. The zero-order valence-electron chi connectivity index (χ0n) is 17.3. The fourth-order valence-electron chi connectivity index (χ4n) is 2.85. The second kappa shape index (κ2) is 10.7. The van der Waals surface area contributed by atoms with Crippen molar-refractivity contribution in [2.75, 3.05) is 5.32 Å². The summed E-state index contributed by atoms with van der Waals surface area (Å²) in [5, 5.41) is 5.49. The number of rotatable bonds is 7. The first-order chi connectivity index (χ1) is 15.4. The Morgan fingerprint density at radius 1 is 0.969 bits per heavy atom. The monoisotopic (exact) mass is 432 g/mol. The molecule has 0 bridgehead atoms. The highest BCUT2D eigenvalue weighted by Gasteiger charge is 2.09. The Morgan fingerprint density at radius 2 is 1.75 bits per heavy atom. The van der Waals surface area contributed by atoms with Crippen LogP contribution in [0.25, 0.3) is 6.08 Å². The first-order valence-electron chi connectivity index (χ1n) is 9.80. The van der Waals surface area contributed by atoms with Gasteiger partial charge in [-0.15, -0.1) is 0 Å². The lowest BCUT2D eigenvalue weighted by molar-refractivity contribution is -0.131. The molecule has 6 nitrogen and oxygen atoms in total. The zero-order valence-corrected chi connectivity index (χ0v) is 17.3. The van der Waals surface area contributed by atoms with Crippen molar-refractivity contribution in [1.29, 1.82) is 0 Å². The van der Waals surface area contributed by atoms with Gasteiger partial charge < -0.3 is 15.4 Å². The summed E-state index contributed by atoms with van der Waals surface area (Å²) in [7, 11) is 0. The summed E-state index contributed by atoms with van der Waals surface area (Å²) in [6.07, 6.45) is 2.67. The number of hydrogen-bond acceptors (Lipinski definition) is 4. The molecular formula is C25H21FN2O4. The van der Waals surface area contributed by atoms with Gasteiger partial charge in [-0.05, 0) is 48.0 Å². The van der Waals surface area contributed by atoms with Gasteiger partial charge in [0.1, 0.15) is 11.6 Å². The van der Waals surface area contributed by atoms with E-state index in [2.05, 4.69) is 10.6 Å². The van der Waals surface area contributed by atoms with E-state index in [0.717, 1.165) is 5.56 Å². The van der Waals surface area contributed by atoms with Crippen molar-refractivity contribution >= 4 is 29.5 Å². The van der Waals surface area contributed by atoms with E-state index in [9.17, 15) is 18.8 Å². The van der Waals surface area contributed by atoms with Gasteiger partial charge in [-0.1, -0.05) is 36.4 Å². The van der Waals surface area contributed by atoms with Crippen molar-refractivity contribution in [3.05, 3.63) is 101 Å². The Balaban J connectivity index is 1.58. The van der Waals surface area contributed by atoms with Crippen LogP contribution in [0.5, 0.6) is 5.75 Å². The summed E-state index contributed by atoms with van der Waals surface area (Å²) in [5.41, 5.74) is 1.97. The summed E-state index contributed by atoms with van der Waals surface area (Å²) in [5.74, 6) is -1.33. The molecule has 0 atom stereocenters. The Bertz CT molecular complexity index is 1170. The van der Waals surface area contributed by atoms with Gasteiger partial charge >= 0.3 is 5.97 Å². The van der Waals surface area contributed by atoms with E-state index in [1.807, 2.05) is 0 Å². The van der Waals surface area contributed by atoms with E-state index in [1.54, 1.807) is 60.7 Å². The van der Waals surface area contributed by atoms with Crippen molar-refractivity contribution < 1.29 is 23.5 Å². The molecule has 0 fully saturated rings. The molecule has 0 aromatic heterocycles. The van der Waals surface area contributed by atoms with Crippen molar-refractivity contribution in [1.82, 2.24) is 5.32 Å². The Kier molecular flexibility index (Phi) is 7.48. The van der Waals surface area contributed by atoms with Crippen molar-refractivity contribution in [3.8, 4) is 5.75 Å². The van der Waals surface area contributed by atoms with Gasteiger partial charge in [-0.2, -0.15) is 0 Å². The smallest absolute Gasteiger partial charge is 0.308 e. The standard InChI is InChI=1S/C25H21FN2O4/c1-17(29)32-22-10-5-8-20(15-22)25(31)28-21-9-4-6-18(14-21)16-27-24(30)13-12-19-7-2-3-11-23(19)26/h2-15H,16H2,1H3,(H,27,30)(H,28,31)/b13-12+. The molecule has 32 heavy (non-hydrogen) atoms. The number of benzene rings is 3. The third-order valence-electron chi connectivity index (χ3n) is 4.33. The van der Waals surface area contributed by atoms with Gasteiger partial charge in [0, 0.05) is 36.4 Å². The molecule has 7 heteroatoms. The number of esters is 1. The summed E-state index contributed by atoms with van der Waals surface area (Å²) < 4.78 is 18.6. The normalized spacial score (nSPS) is 10.6. The molecule has 2 N–H and O–H groups in total. The van der Waals surface area contributed by atoms with Gasteiger partial charge in [0.25, 0.3) is 5.91 Å². The second-order valence-corrected chi connectivity index (χ2v) is 6.85. The van der Waals surface area contributed by atoms with Crippen LogP contribution in [0.1, 0.15) is 28.4 Å². The highest BCUT2D eigenvalue weighted by molar-refractivity contribution is 6.04. The summed E-state index contributed by atoms with van der Waals surface area (Å²) >= 11 is 0. The van der Waals surface area contributed by atoms with E-state index in [-0.39, 0.29) is 24.1 Å². The molecular weight excluding hydrogens is 411 g/mol. The SMILES string of the molecule is CC(=O)Oc1cccc(C(=O)Nc2cccc(CNC(=O)/C=C/c3ccccc3F)c2)c1. The molecule has 0 saturated heterocycles. The lowest BCUT2D eigenvalue weighted by Crippen LogP contribution is -2.20. The highest BCUT2D eigenvalue weighted by Crippen LogP contribution is 2.17. The van der Waals surface area contributed by atoms with Gasteiger partial charge in [0.2, 0.25) is 5.91 Å². The quantitative estimate of drug-likeness (QED) is 0.331. The second-order valence-electron chi connectivity index (χ2n) is 6.85. The molecule has 0 unspecified atom stereocenters. The number of amides is 2. The average molecular weight is 432 g/mol. The van der Waals surface area contributed by atoms with E-state index < -0.39 is 11.8 Å². The minimum absolute atomic E-state index is 0.228. The minimum Gasteiger partial charge on any atom is -0.427 e. The van der Waals surface area contributed by atoms with Crippen LogP contribution in [-0.4, -0.2) is 17.8 Å². The van der Waals surface area contributed by atoms with E-state index >= 15 is 0 Å². The molecule has 0 aliphatic heterocycles. The predicted molar refractivity (Wildman–Crippen MR) is 119 cm³/mol. The number of carbonyl (C=O) groups excluding carboxylic acids is 3. The topological polar surface area (TPSA) is 84.5 Å². The lowest BCUT2D eigenvalue weighted by Gasteiger charge is -2.09. The lowest BCUT2D eigenvalue weighted by atomic mass is 10.1. The fourth-order valence-corrected chi connectivity index (χ4v) is 2.85. The van der Waals surface area contributed by atoms with E-state index in [1.165, 1.54) is 31.2 Å². The summed E-state index contributed by atoms with van der Waals surface area (Å²) in [6, 6.07) is 19.5. The molecule has 0 aliphatic rings. The first-order valence-corrected chi connectivity index (χ1v) is 9.80. The number of ether oxygens (including phenoxy) is 1.